The quantitative estimate of drug-likeness (QED) is 0.760. The molecule has 0 saturated heterocycles. The highest BCUT2D eigenvalue weighted by atomic mass is 16.3. The van der Waals surface area contributed by atoms with Crippen LogP contribution in [-0.2, 0) is 11.3 Å². The summed E-state index contributed by atoms with van der Waals surface area (Å²) in [5, 5.41) is 2.68. The Morgan fingerprint density at radius 3 is 3.20 bits per heavy atom. The Bertz CT molecular complexity index is 478. The SMILES string of the molecule is NCC(=O)NCc1ccc2ncoc2c1. The summed E-state index contributed by atoms with van der Waals surface area (Å²) >= 11 is 0. The first-order valence-electron chi connectivity index (χ1n) is 4.58. The predicted molar refractivity (Wildman–Crippen MR) is 54.9 cm³/mol. The number of hydrogen-bond donors (Lipinski definition) is 2. The minimum atomic E-state index is -0.173. The molecule has 5 nitrogen and oxygen atoms in total. The zero-order valence-corrected chi connectivity index (χ0v) is 8.06. The van der Waals surface area contributed by atoms with E-state index in [9.17, 15) is 4.79 Å². The van der Waals surface area contributed by atoms with Gasteiger partial charge in [0.2, 0.25) is 5.91 Å². The van der Waals surface area contributed by atoms with E-state index in [2.05, 4.69) is 10.3 Å². The van der Waals surface area contributed by atoms with Crippen molar-refractivity contribution in [3.63, 3.8) is 0 Å². The van der Waals surface area contributed by atoms with Gasteiger partial charge in [-0.1, -0.05) is 6.07 Å². The lowest BCUT2D eigenvalue weighted by atomic mass is 10.2. The van der Waals surface area contributed by atoms with Gasteiger partial charge in [-0.15, -0.1) is 0 Å². The monoisotopic (exact) mass is 205 g/mol. The number of hydrogen-bond acceptors (Lipinski definition) is 4. The van der Waals surface area contributed by atoms with Gasteiger partial charge in [0.1, 0.15) is 5.52 Å². The van der Waals surface area contributed by atoms with Gasteiger partial charge in [-0.25, -0.2) is 4.98 Å². The summed E-state index contributed by atoms with van der Waals surface area (Å²) in [4.78, 5) is 14.9. The first-order chi connectivity index (χ1) is 7.29. The van der Waals surface area contributed by atoms with E-state index in [4.69, 9.17) is 10.2 Å². The third-order valence-corrected chi connectivity index (χ3v) is 2.07. The first-order valence-corrected chi connectivity index (χ1v) is 4.58. The molecular formula is C10H11N3O2. The van der Waals surface area contributed by atoms with E-state index < -0.39 is 0 Å². The molecule has 0 radical (unpaired) electrons. The van der Waals surface area contributed by atoms with Crippen LogP contribution in [0.3, 0.4) is 0 Å². The Balaban J connectivity index is 2.11. The van der Waals surface area contributed by atoms with Crippen molar-refractivity contribution in [2.75, 3.05) is 6.54 Å². The smallest absolute Gasteiger partial charge is 0.234 e. The van der Waals surface area contributed by atoms with Gasteiger partial charge < -0.3 is 15.5 Å². The molecule has 5 heteroatoms. The average Bonchev–Trinajstić information content (AvgIpc) is 2.72. The second-order valence-corrected chi connectivity index (χ2v) is 3.14. The van der Waals surface area contributed by atoms with Gasteiger partial charge in [-0.2, -0.15) is 0 Å². The summed E-state index contributed by atoms with van der Waals surface area (Å²) in [5.41, 5.74) is 7.66. The fraction of sp³-hybridized carbons (Fsp3) is 0.200. The van der Waals surface area contributed by atoms with Crippen molar-refractivity contribution in [3.05, 3.63) is 30.2 Å². The van der Waals surface area contributed by atoms with Gasteiger partial charge >= 0.3 is 0 Å². The Kier molecular flexibility index (Phi) is 2.64. The summed E-state index contributed by atoms with van der Waals surface area (Å²) in [6, 6.07) is 5.59. The van der Waals surface area contributed by atoms with Gasteiger partial charge in [0, 0.05) is 6.54 Å². The van der Waals surface area contributed by atoms with Crippen LogP contribution in [0.2, 0.25) is 0 Å². The Morgan fingerprint density at radius 2 is 2.40 bits per heavy atom. The van der Waals surface area contributed by atoms with Crippen LogP contribution in [0, 0.1) is 0 Å². The molecular weight excluding hydrogens is 194 g/mol. The van der Waals surface area contributed by atoms with Crippen LogP contribution in [-0.4, -0.2) is 17.4 Å². The number of fused-ring (bicyclic) bond motifs is 1. The molecule has 1 heterocycles. The van der Waals surface area contributed by atoms with Gasteiger partial charge in [0.25, 0.3) is 0 Å². The van der Waals surface area contributed by atoms with Crippen molar-refractivity contribution in [1.82, 2.24) is 10.3 Å². The normalized spacial score (nSPS) is 10.5. The topological polar surface area (TPSA) is 81.2 Å². The number of amides is 1. The standard InChI is InChI=1S/C10H11N3O2/c11-4-10(14)12-5-7-1-2-8-9(3-7)15-6-13-8/h1-3,6H,4-5,11H2,(H,12,14). The molecule has 0 aliphatic carbocycles. The van der Waals surface area contributed by atoms with Gasteiger partial charge in [0.15, 0.2) is 12.0 Å². The minimum Gasteiger partial charge on any atom is -0.443 e. The molecule has 1 aromatic heterocycles. The predicted octanol–water partition coefficient (Wildman–Crippen LogP) is 0.403. The van der Waals surface area contributed by atoms with Crippen molar-refractivity contribution in [1.29, 1.82) is 0 Å². The Hall–Kier alpha value is -1.88. The Labute approximate surface area is 86.3 Å². The number of aromatic nitrogens is 1. The van der Waals surface area contributed by atoms with E-state index in [0.29, 0.717) is 6.54 Å². The lowest BCUT2D eigenvalue weighted by Crippen LogP contribution is -2.29. The average molecular weight is 205 g/mol. The highest BCUT2D eigenvalue weighted by molar-refractivity contribution is 5.78. The van der Waals surface area contributed by atoms with Crippen LogP contribution in [0.1, 0.15) is 5.56 Å². The number of oxazole rings is 1. The van der Waals surface area contributed by atoms with Crippen molar-refractivity contribution < 1.29 is 9.21 Å². The lowest BCUT2D eigenvalue weighted by Gasteiger charge is -2.02. The third kappa shape index (κ3) is 2.13. The van der Waals surface area contributed by atoms with Gasteiger partial charge in [0.05, 0.1) is 6.54 Å². The van der Waals surface area contributed by atoms with Crippen LogP contribution in [0.15, 0.2) is 29.0 Å². The zero-order valence-electron chi connectivity index (χ0n) is 8.06. The molecule has 1 aromatic carbocycles. The maximum absolute atomic E-state index is 10.9. The summed E-state index contributed by atoms with van der Waals surface area (Å²) in [6.45, 7) is 0.456. The number of carbonyl (C=O) groups excluding carboxylic acids is 1. The maximum atomic E-state index is 10.9. The fourth-order valence-electron chi connectivity index (χ4n) is 1.28. The van der Waals surface area contributed by atoms with E-state index in [0.717, 1.165) is 16.7 Å². The van der Waals surface area contributed by atoms with Crippen molar-refractivity contribution in [3.8, 4) is 0 Å². The molecule has 0 aliphatic heterocycles. The number of nitrogens with two attached hydrogens (primary N) is 1. The van der Waals surface area contributed by atoms with Gasteiger partial charge in [-0.05, 0) is 17.7 Å². The molecule has 78 valence electrons. The summed E-state index contributed by atoms with van der Waals surface area (Å²) in [6.07, 6.45) is 1.40. The zero-order chi connectivity index (χ0) is 10.7. The van der Waals surface area contributed by atoms with E-state index in [1.54, 1.807) is 0 Å². The number of rotatable bonds is 3. The first kappa shape index (κ1) is 9.67. The lowest BCUT2D eigenvalue weighted by molar-refractivity contribution is -0.119. The number of nitrogens with one attached hydrogen (secondary N) is 1. The summed E-state index contributed by atoms with van der Waals surface area (Å²) < 4.78 is 5.14. The number of carbonyl (C=O) groups is 1. The molecule has 0 spiro atoms. The van der Waals surface area contributed by atoms with Crippen LogP contribution < -0.4 is 11.1 Å². The molecule has 0 bridgehead atoms. The highest BCUT2D eigenvalue weighted by Crippen LogP contribution is 2.13. The van der Waals surface area contributed by atoms with Gasteiger partial charge in [-0.3, -0.25) is 4.79 Å². The van der Waals surface area contributed by atoms with Crippen LogP contribution in [0.5, 0.6) is 0 Å². The van der Waals surface area contributed by atoms with Crippen LogP contribution in [0.4, 0.5) is 0 Å². The number of nitrogens with zero attached hydrogens (tertiary/aromatic N) is 1. The molecule has 1 amide bonds. The maximum Gasteiger partial charge on any atom is 0.234 e. The van der Waals surface area contributed by atoms with Crippen molar-refractivity contribution in [2.45, 2.75) is 6.54 Å². The second kappa shape index (κ2) is 4.10. The van der Waals surface area contributed by atoms with E-state index in [1.807, 2.05) is 18.2 Å². The molecule has 2 aromatic rings. The minimum absolute atomic E-state index is 0.00452. The van der Waals surface area contributed by atoms with Crippen LogP contribution >= 0.6 is 0 Å². The molecule has 0 unspecified atom stereocenters. The largest absolute Gasteiger partial charge is 0.443 e. The second-order valence-electron chi connectivity index (χ2n) is 3.14. The highest BCUT2D eigenvalue weighted by Gasteiger charge is 2.01. The summed E-state index contributed by atoms with van der Waals surface area (Å²) in [5.74, 6) is -0.173. The fourth-order valence-corrected chi connectivity index (χ4v) is 1.28. The van der Waals surface area contributed by atoms with Crippen molar-refractivity contribution >= 4 is 17.0 Å². The molecule has 0 fully saturated rings. The molecule has 0 atom stereocenters. The summed E-state index contributed by atoms with van der Waals surface area (Å²) in [7, 11) is 0. The van der Waals surface area contributed by atoms with E-state index in [1.165, 1.54) is 6.39 Å². The number of benzene rings is 1. The molecule has 0 saturated carbocycles. The van der Waals surface area contributed by atoms with E-state index >= 15 is 0 Å². The molecule has 0 aliphatic rings. The molecule has 15 heavy (non-hydrogen) atoms. The van der Waals surface area contributed by atoms with Crippen LogP contribution in [0.25, 0.3) is 11.1 Å². The Morgan fingerprint density at radius 1 is 1.53 bits per heavy atom. The van der Waals surface area contributed by atoms with Crippen molar-refractivity contribution in [2.24, 2.45) is 5.73 Å². The molecule has 2 rings (SSSR count). The van der Waals surface area contributed by atoms with E-state index in [-0.39, 0.29) is 12.5 Å². The molecule has 3 N–H and O–H groups in total. The third-order valence-electron chi connectivity index (χ3n) is 2.07.